The summed E-state index contributed by atoms with van der Waals surface area (Å²) in [5.74, 6) is 1.97. The summed E-state index contributed by atoms with van der Waals surface area (Å²) >= 11 is 0. The Kier molecular flexibility index (Phi) is 7.81. The predicted molar refractivity (Wildman–Crippen MR) is 204 cm³/mol. The second-order valence-corrected chi connectivity index (χ2v) is 12.7. The van der Waals surface area contributed by atoms with Gasteiger partial charge < -0.3 is 4.57 Å². The van der Waals surface area contributed by atoms with E-state index in [2.05, 4.69) is 43.8 Å². The summed E-state index contributed by atoms with van der Waals surface area (Å²) in [6.45, 7) is 3.70. The van der Waals surface area contributed by atoms with Crippen molar-refractivity contribution in [1.29, 1.82) is 0 Å². The van der Waals surface area contributed by atoms with Crippen molar-refractivity contribution in [3.05, 3.63) is 163 Å². The third kappa shape index (κ3) is 5.88. The molecule has 0 amide bonds. The molecule has 0 radical (unpaired) electrons. The summed E-state index contributed by atoms with van der Waals surface area (Å²) in [7, 11) is 0. The molecule has 0 unspecified atom stereocenters. The van der Waals surface area contributed by atoms with E-state index in [1.54, 1.807) is 0 Å². The highest BCUT2D eigenvalue weighted by atomic mass is 19.1. The van der Waals surface area contributed by atoms with Crippen LogP contribution in [0.3, 0.4) is 0 Å². The number of benzene rings is 6. The Labute approximate surface area is 303 Å². The van der Waals surface area contributed by atoms with E-state index < -0.39 is 11.6 Å². The summed E-state index contributed by atoms with van der Waals surface area (Å²) in [6.07, 6.45) is 0. The van der Waals surface area contributed by atoms with Gasteiger partial charge in [0.15, 0.2) is 23.3 Å². The van der Waals surface area contributed by atoms with Crippen LogP contribution in [0.25, 0.3) is 84.2 Å². The largest absolute Gasteiger partial charge is 0.308 e. The number of fused-ring (bicyclic) bond motifs is 3. The van der Waals surface area contributed by atoms with Crippen LogP contribution in [0.1, 0.15) is 11.6 Å². The molecule has 9 aromatic rings. The van der Waals surface area contributed by atoms with E-state index in [0.717, 1.165) is 44.6 Å². The summed E-state index contributed by atoms with van der Waals surface area (Å²) in [5.41, 5.74) is 6.49. The Balaban J connectivity index is 1.37. The van der Waals surface area contributed by atoms with Crippen LogP contribution in [0.15, 0.2) is 140 Å². The zero-order valence-electron chi connectivity index (χ0n) is 28.7. The van der Waals surface area contributed by atoms with Gasteiger partial charge in [0.2, 0.25) is 0 Å². The maximum Gasteiger partial charge on any atom is 0.166 e. The van der Waals surface area contributed by atoms with Crippen molar-refractivity contribution >= 4 is 21.8 Å². The lowest BCUT2D eigenvalue weighted by molar-refractivity contribution is 0.585. The first-order valence-electron chi connectivity index (χ1n) is 17.1. The first-order chi connectivity index (χ1) is 25.9. The van der Waals surface area contributed by atoms with Gasteiger partial charge in [0.25, 0.3) is 0 Å². The molecule has 0 aliphatic rings. The maximum absolute atomic E-state index is 15.4. The smallest absolute Gasteiger partial charge is 0.166 e. The zero-order chi connectivity index (χ0) is 36.1. The third-order valence-electron chi connectivity index (χ3n) is 9.21. The highest BCUT2D eigenvalue weighted by Crippen LogP contribution is 2.39. The van der Waals surface area contributed by atoms with E-state index in [1.165, 1.54) is 12.1 Å². The van der Waals surface area contributed by atoms with E-state index in [-0.39, 0.29) is 5.56 Å². The van der Waals surface area contributed by atoms with Crippen LogP contribution in [-0.2, 0) is 0 Å². The molecule has 3 aromatic heterocycles. The van der Waals surface area contributed by atoms with Crippen LogP contribution in [0, 0.1) is 25.5 Å². The standard InChI is InChI=1S/C44H29F2N7/c1-26-47-27(2)49-43(48-26)31-18-20-35-34-15-9-10-16-38(34)53(39(35)24-31)40-23-30(33-22-19-32(45)25-37(33)46)17-21-36(40)44-51-41(28-11-5-3-6-12-28)50-42(52-44)29-13-7-4-8-14-29/h3-25H,1-2H3. The molecular formula is C44H29F2N7. The van der Waals surface area contributed by atoms with Gasteiger partial charge in [0.1, 0.15) is 23.3 Å². The first-order valence-corrected chi connectivity index (χ1v) is 17.1. The van der Waals surface area contributed by atoms with Crippen molar-refractivity contribution in [2.24, 2.45) is 0 Å². The topological polar surface area (TPSA) is 82.3 Å². The van der Waals surface area contributed by atoms with E-state index in [1.807, 2.05) is 111 Å². The van der Waals surface area contributed by atoms with Gasteiger partial charge in [-0.25, -0.2) is 38.7 Å². The van der Waals surface area contributed by atoms with Crippen LogP contribution in [0.4, 0.5) is 8.78 Å². The number of nitrogens with zero attached hydrogens (tertiary/aromatic N) is 7. The number of aryl methyl sites for hydroxylation is 2. The summed E-state index contributed by atoms with van der Waals surface area (Å²) in [6, 6.07) is 43.1. The van der Waals surface area contributed by atoms with E-state index in [0.29, 0.717) is 51.8 Å². The number of aromatic nitrogens is 7. The minimum Gasteiger partial charge on any atom is -0.308 e. The van der Waals surface area contributed by atoms with Crippen molar-refractivity contribution in [2.75, 3.05) is 0 Å². The highest BCUT2D eigenvalue weighted by Gasteiger charge is 2.22. The van der Waals surface area contributed by atoms with E-state index in [4.69, 9.17) is 15.0 Å². The third-order valence-corrected chi connectivity index (χ3v) is 9.21. The van der Waals surface area contributed by atoms with Crippen LogP contribution >= 0.6 is 0 Å². The number of rotatable bonds is 6. The SMILES string of the molecule is Cc1nc(C)nc(-c2ccc3c4ccccc4n(-c4cc(-c5ccc(F)cc5F)ccc4-c4nc(-c5ccccc5)nc(-c5ccccc5)n4)c3c2)n1. The van der Waals surface area contributed by atoms with Gasteiger partial charge in [-0.15, -0.1) is 0 Å². The van der Waals surface area contributed by atoms with Gasteiger partial charge in [0.05, 0.1) is 16.7 Å². The molecule has 0 N–H and O–H groups in total. The molecule has 0 saturated carbocycles. The molecule has 3 heterocycles. The normalized spacial score (nSPS) is 11.4. The van der Waals surface area contributed by atoms with Crippen molar-refractivity contribution < 1.29 is 8.78 Å². The first kappa shape index (κ1) is 31.9. The predicted octanol–water partition coefficient (Wildman–Crippen LogP) is 10.4. The summed E-state index contributed by atoms with van der Waals surface area (Å²) < 4.78 is 31.7. The molecule has 0 bridgehead atoms. The molecule has 53 heavy (non-hydrogen) atoms. The summed E-state index contributed by atoms with van der Waals surface area (Å²) in [4.78, 5) is 28.7. The molecule has 9 rings (SSSR count). The van der Waals surface area contributed by atoms with Gasteiger partial charge in [-0.05, 0) is 55.8 Å². The Morgan fingerprint density at radius 2 is 0.981 bits per heavy atom. The Hall–Kier alpha value is -7.00. The van der Waals surface area contributed by atoms with Gasteiger partial charge in [-0.2, -0.15) is 0 Å². The number of hydrogen-bond donors (Lipinski definition) is 0. The van der Waals surface area contributed by atoms with Gasteiger partial charge >= 0.3 is 0 Å². The van der Waals surface area contributed by atoms with E-state index in [9.17, 15) is 4.39 Å². The average molecular weight is 694 g/mol. The van der Waals surface area contributed by atoms with Crippen molar-refractivity contribution in [1.82, 2.24) is 34.5 Å². The fourth-order valence-electron chi connectivity index (χ4n) is 6.84. The van der Waals surface area contributed by atoms with E-state index >= 15 is 4.39 Å². The van der Waals surface area contributed by atoms with Crippen molar-refractivity contribution in [3.63, 3.8) is 0 Å². The lowest BCUT2D eigenvalue weighted by Gasteiger charge is -2.17. The highest BCUT2D eigenvalue weighted by molar-refractivity contribution is 6.10. The summed E-state index contributed by atoms with van der Waals surface area (Å²) in [5, 5.41) is 2.02. The Morgan fingerprint density at radius 1 is 0.415 bits per heavy atom. The van der Waals surface area contributed by atoms with Crippen LogP contribution in [0.5, 0.6) is 0 Å². The number of hydrogen-bond acceptors (Lipinski definition) is 6. The molecule has 6 aromatic carbocycles. The number of para-hydroxylation sites is 1. The van der Waals surface area contributed by atoms with Gasteiger partial charge in [-0.1, -0.05) is 97.1 Å². The van der Waals surface area contributed by atoms with Crippen molar-refractivity contribution in [2.45, 2.75) is 13.8 Å². The Bertz CT molecular complexity index is 2760. The second-order valence-electron chi connectivity index (χ2n) is 12.7. The quantitative estimate of drug-likeness (QED) is 0.172. The zero-order valence-corrected chi connectivity index (χ0v) is 28.7. The number of halogens is 2. The molecule has 0 aliphatic heterocycles. The van der Waals surface area contributed by atoms with Gasteiger partial charge in [0, 0.05) is 44.7 Å². The molecule has 9 heteroatoms. The molecule has 0 fully saturated rings. The van der Waals surface area contributed by atoms with Gasteiger partial charge in [-0.3, -0.25) is 0 Å². The maximum atomic E-state index is 15.4. The molecule has 254 valence electrons. The van der Waals surface area contributed by atoms with Crippen LogP contribution in [0.2, 0.25) is 0 Å². The fraction of sp³-hybridized carbons (Fsp3) is 0.0455. The molecule has 0 saturated heterocycles. The van der Waals surface area contributed by atoms with Crippen LogP contribution < -0.4 is 0 Å². The fourth-order valence-corrected chi connectivity index (χ4v) is 6.84. The minimum atomic E-state index is -0.660. The Morgan fingerprint density at radius 3 is 1.66 bits per heavy atom. The lowest BCUT2D eigenvalue weighted by Crippen LogP contribution is -2.04. The molecule has 0 atom stereocenters. The monoisotopic (exact) mass is 693 g/mol. The molecular weight excluding hydrogens is 665 g/mol. The van der Waals surface area contributed by atoms with Crippen molar-refractivity contribution in [3.8, 4) is 62.4 Å². The molecule has 7 nitrogen and oxygen atoms in total. The lowest BCUT2D eigenvalue weighted by atomic mass is 10.0. The molecule has 0 spiro atoms. The average Bonchev–Trinajstić information content (AvgIpc) is 3.51. The molecule has 0 aliphatic carbocycles. The van der Waals surface area contributed by atoms with Crippen LogP contribution in [-0.4, -0.2) is 34.5 Å². The second kappa shape index (κ2) is 13.0. The minimum absolute atomic E-state index is 0.266.